The van der Waals surface area contributed by atoms with Gasteiger partial charge in [0.15, 0.2) is 0 Å². The molecule has 0 aromatic rings. The van der Waals surface area contributed by atoms with E-state index in [-0.39, 0.29) is 47.9 Å². The van der Waals surface area contributed by atoms with Gasteiger partial charge in [0.25, 0.3) is 0 Å². The molecule has 656 valence electrons. The lowest BCUT2D eigenvalue weighted by atomic mass is 10.0. The molecule has 0 unspecified atom stereocenters. The average molecular weight is 1570 g/mol. The van der Waals surface area contributed by atoms with E-state index in [1.807, 2.05) is 7.05 Å². The van der Waals surface area contributed by atoms with E-state index < -0.39 is 0 Å². The van der Waals surface area contributed by atoms with Crippen LogP contribution in [0.5, 0.6) is 0 Å². The standard InChI is InChI=1S/C96H187N5O10/c1-8-14-20-26-32-34-36-48-64-87-108-93(104)72-58-50-62-82-100(80-60-46-38-44-56-74-95(106)110-89(67-52-40-28-22-16-10-3)68-53-41-29-23-17-11-4)85-77-97-91(102)71-66-79-99(7)84-76-92(103)98-78-86-101(83-63-51-59-73-94(105)109-88-65-49-37-35-33-27-21-15-9-2)81-61-47-39-45-57-75-96(107)111-90(69-54-42-30-24-18-12-5)70-55-43-31-25-19-13-6/h89-90H,8-88H2,1-7H3,(H,97,102)(H,98,103). The van der Waals surface area contributed by atoms with E-state index in [9.17, 15) is 28.8 Å². The van der Waals surface area contributed by atoms with Crippen LogP contribution in [0.3, 0.4) is 0 Å². The zero-order valence-corrected chi connectivity index (χ0v) is 74.9. The zero-order valence-electron chi connectivity index (χ0n) is 74.9. The molecule has 15 nitrogen and oxygen atoms in total. The molecule has 0 saturated heterocycles. The molecule has 0 fully saturated rings. The molecule has 0 saturated carbocycles. The molecule has 111 heavy (non-hydrogen) atoms. The number of carbonyl (C=O) groups is 6. The predicted molar refractivity (Wildman–Crippen MR) is 471 cm³/mol. The van der Waals surface area contributed by atoms with Crippen molar-refractivity contribution in [2.24, 2.45) is 0 Å². The van der Waals surface area contributed by atoms with Crippen LogP contribution in [0.15, 0.2) is 0 Å². The van der Waals surface area contributed by atoms with Gasteiger partial charge in [0.05, 0.1) is 13.2 Å². The van der Waals surface area contributed by atoms with Crippen molar-refractivity contribution in [3.63, 3.8) is 0 Å². The van der Waals surface area contributed by atoms with Crippen molar-refractivity contribution in [1.29, 1.82) is 0 Å². The third kappa shape index (κ3) is 81.6. The van der Waals surface area contributed by atoms with Crippen LogP contribution in [0.1, 0.15) is 485 Å². The molecular weight excluding hydrogens is 1380 g/mol. The summed E-state index contributed by atoms with van der Waals surface area (Å²) in [7, 11) is 2.03. The van der Waals surface area contributed by atoms with Crippen LogP contribution < -0.4 is 10.6 Å². The monoisotopic (exact) mass is 1570 g/mol. The van der Waals surface area contributed by atoms with Gasteiger partial charge in [0.1, 0.15) is 12.2 Å². The number of esters is 4. The first-order valence-corrected chi connectivity index (χ1v) is 48.8. The molecule has 2 N–H and O–H groups in total. The lowest BCUT2D eigenvalue weighted by Gasteiger charge is -2.23. The topological polar surface area (TPSA) is 173 Å². The average Bonchev–Trinajstić information content (AvgIpc) is 0.992. The highest BCUT2D eigenvalue weighted by molar-refractivity contribution is 5.76. The fourth-order valence-corrected chi connectivity index (χ4v) is 15.3. The van der Waals surface area contributed by atoms with Gasteiger partial charge in [-0.1, -0.05) is 324 Å². The largest absolute Gasteiger partial charge is 0.466 e. The summed E-state index contributed by atoms with van der Waals surface area (Å²) in [5.41, 5.74) is 0. The summed E-state index contributed by atoms with van der Waals surface area (Å²) in [5, 5.41) is 6.40. The Morgan fingerprint density at radius 2 is 0.477 bits per heavy atom. The SMILES string of the molecule is CCCCCCCCCCCOC(=O)CCCCCN(CCCCCCCC(=O)OC(CCCCCCCC)CCCCCCCC)CCNC(=O)CCCN(C)CCC(=O)NCCN(CCCCCCCC(=O)OC(CCCCCCCC)CCCCCCCC)CCCCCC(=O)OCCCCCCCCCCC. The summed E-state index contributed by atoms with van der Waals surface area (Å²) in [6, 6.07) is 0. The minimum Gasteiger partial charge on any atom is -0.466 e. The van der Waals surface area contributed by atoms with E-state index in [0.29, 0.717) is 77.8 Å². The Balaban J connectivity index is 5.25. The molecule has 2 amide bonds. The predicted octanol–water partition coefficient (Wildman–Crippen LogP) is 25.7. The number of rotatable bonds is 91. The Bertz CT molecular complexity index is 1980. The summed E-state index contributed by atoms with van der Waals surface area (Å²) in [4.78, 5) is 84.9. The number of hydrogen-bond donors (Lipinski definition) is 2. The van der Waals surface area contributed by atoms with Crippen LogP contribution >= 0.6 is 0 Å². The quantitative estimate of drug-likeness (QED) is 0.0335. The Kier molecular flexibility index (Phi) is 84.9. The highest BCUT2D eigenvalue weighted by atomic mass is 16.6. The minimum atomic E-state index is -0.0778. The van der Waals surface area contributed by atoms with Crippen molar-refractivity contribution >= 4 is 35.7 Å². The van der Waals surface area contributed by atoms with Gasteiger partial charge < -0.3 is 44.3 Å². The highest BCUT2D eigenvalue weighted by Gasteiger charge is 2.18. The third-order valence-electron chi connectivity index (χ3n) is 22.7. The van der Waals surface area contributed by atoms with E-state index in [0.717, 1.165) is 226 Å². The van der Waals surface area contributed by atoms with Crippen LogP contribution in [-0.4, -0.2) is 148 Å². The van der Waals surface area contributed by atoms with Crippen molar-refractivity contribution in [1.82, 2.24) is 25.3 Å². The van der Waals surface area contributed by atoms with E-state index in [1.54, 1.807) is 0 Å². The first kappa shape index (κ1) is 108. The summed E-state index contributed by atoms with van der Waals surface area (Å²) in [6.07, 6.45) is 76.0. The second-order valence-electron chi connectivity index (χ2n) is 33.7. The lowest BCUT2D eigenvalue weighted by molar-refractivity contribution is -0.151. The molecule has 0 radical (unpaired) electrons. The van der Waals surface area contributed by atoms with Crippen LogP contribution in [0.2, 0.25) is 0 Å². The third-order valence-corrected chi connectivity index (χ3v) is 22.7. The molecule has 0 bridgehead atoms. The van der Waals surface area contributed by atoms with Crippen LogP contribution in [-0.2, 0) is 47.7 Å². The molecule has 0 aromatic heterocycles. The molecule has 0 atom stereocenters. The summed E-state index contributed by atoms with van der Waals surface area (Å²) < 4.78 is 23.5. The number of amides is 2. The van der Waals surface area contributed by atoms with Gasteiger partial charge in [-0.05, 0) is 162 Å². The number of carbonyl (C=O) groups excluding carboxylic acids is 6. The summed E-state index contributed by atoms with van der Waals surface area (Å²) >= 11 is 0. The first-order chi connectivity index (χ1) is 54.4. The molecule has 0 heterocycles. The van der Waals surface area contributed by atoms with Gasteiger partial charge in [-0.3, -0.25) is 28.8 Å². The van der Waals surface area contributed by atoms with Crippen molar-refractivity contribution in [2.75, 3.05) is 85.7 Å². The fraction of sp³-hybridized carbons (Fsp3) is 0.938. The highest BCUT2D eigenvalue weighted by Crippen LogP contribution is 2.22. The number of hydrogen-bond acceptors (Lipinski definition) is 13. The van der Waals surface area contributed by atoms with Crippen molar-refractivity contribution in [3.8, 4) is 0 Å². The van der Waals surface area contributed by atoms with Gasteiger partial charge in [0, 0.05) is 71.2 Å². The van der Waals surface area contributed by atoms with E-state index in [1.165, 1.54) is 218 Å². The molecular formula is C96H187N5O10. The summed E-state index contributed by atoms with van der Waals surface area (Å²) in [6.45, 7) is 22.4. The summed E-state index contributed by atoms with van der Waals surface area (Å²) in [5.74, 6) is -0.0911. The van der Waals surface area contributed by atoms with Gasteiger partial charge in [-0.2, -0.15) is 0 Å². The van der Waals surface area contributed by atoms with Gasteiger partial charge >= 0.3 is 23.9 Å². The van der Waals surface area contributed by atoms with Crippen molar-refractivity contribution in [3.05, 3.63) is 0 Å². The Morgan fingerprint density at radius 1 is 0.234 bits per heavy atom. The number of nitrogens with zero attached hydrogens (tertiary/aromatic N) is 3. The molecule has 0 aliphatic rings. The van der Waals surface area contributed by atoms with Gasteiger partial charge in [0.2, 0.25) is 11.8 Å². The van der Waals surface area contributed by atoms with E-state index >= 15 is 0 Å². The van der Waals surface area contributed by atoms with E-state index in [4.69, 9.17) is 18.9 Å². The molecule has 0 rings (SSSR count). The smallest absolute Gasteiger partial charge is 0.306 e. The molecule has 0 aromatic carbocycles. The minimum absolute atomic E-state index is 0.0170. The van der Waals surface area contributed by atoms with E-state index in [2.05, 4.69) is 66.9 Å². The Hall–Kier alpha value is -3.30. The fourth-order valence-electron chi connectivity index (χ4n) is 15.3. The van der Waals surface area contributed by atoms with Crippen molar-refractivity contribution in [2.45, 2.75) is 497 Å². The van der Waals surface area contributed by atoms with Crippen LogP contribution in [0.4, 0.5) is 0 Å². The number of ether oxygens (including phenoxy) is 4. The van der Waals surface area contributed by atoms with Crippen LogP contribution in [0.25, 0.3) is 0 Å². The maximum absolute atomic E-state index is 13.2. The Morgan fingerprint density at radius 3 is 0.784 bits per heavy atom. The maximum atomic E-state index is 13.2. The van der Waals surface area contributed by atoms with Gasteiger partial charge in [-0.15, -0.1) is 0 Å². The second kappa shape index (κ2) is 87.5. The zero-order chi connectivity index (χ0) is 80.9. The second-order valence-corrected chi connectivity index (χ2v) is 33.7. The lowest BCUT2D eigenvalue weighted by Crippen LogP contribution is -2.37. The first-order valence-electron chi connectivity index (χ1n) is 48.8. The van der Waals surface area contributed by atoms with Crippen LogP contribution in [0, 0.1) is 0 Å². The maximum Gasteiger partial charge on any atom is 0.306 e. The number of nitrogens with one attached hydrogen (secondary N) is 2. The molecule has 15 heteroatoms. The molecule has 0 spiro atoms. The number of unbranched alkanes of at least 4 members (excludes halogenated alkanes) is 48. The van der Waals surface area contributed by atoms with Gasteiger partial charge in [-0.25, -0.2) is 0 Å². The molecule has 0 aliphatic carbocycles. The van der Waals surface area contributed by atoms with Crippen molar-refractivity contribution < 1.29 is 47.7 Å². The normalized spacial score (nSPS) is 11.7. The Labute approximate surface area is 687 Å². The molecule has 0 aliphatic heterocycles.